The van der Waals surface area contributed by atoms with Gasteiger partial charge < -0.3 is 18.8 Å². The van der Waals surface area contributed by atoms with Crippen LogP contribution in [-0.2, 0) is 7.05 Å². The van der Waals surface area contributed by atoms with Crippen LogP contribution in [0.2, 0.25) is 0 Å². The Bertz CT molecular complexity index is 1520. The molecule has 1 aliphatic rings. The minimum Gasteiger partial charge on any atom is -0.497 e. The number of benzene rings is 3. The van der Waals surface area contributed by atoms with E-state index in [4.69, 9.17) is 14.2 Å². The van der Waals surface area contributed by atoms with Crippen molar-refractivity contribution in [3.63, 3.8) is 0 Å². The maximum atomic E-state index is 13.5. The predicted molar refractivity (Wildman–Crippen MR) is 125 cm³/mol. The molecule has 0 unspecified atom stereocenters. The molecule has 2 heterocycles. The first-order chi connectivity index (χ1) is 16.4. The van der Waals surface area contributed by atoms with E-state index in [2.05, 4.69) is 0 Å². The monoisotopic (exact) mass is 457 g/mol. The van der Waals surface area contributed by atoms with Crippen molar-refractivity contribution in [2.24, 2.45) is 7.05 Å². The van der Waals surface area contributed by atoms with Gasteiger partial charge in [-0.15, -0.1) is 0 Å². The number of methoxy groups -OCH3 is 1. The van der Waals surface area contributed by atoms with Crippen LogP contribution in [-0.4, -0.2) is 23.4 Å². The van der Waals surface area contributed by atoms with Crippen LogP contribution in [0, 0.1) is 12.7 Å². The summed E-state index contributed by atoms with van der Waals surface area (Å²) in [5.41, 5.74) is 2.76. The van der Waals surface area contributed by atoms with Crippen molar-refractivity contribution < 1.29 is 28.2 Å². The molecule has 0 radical (unpaired) electrons. The molecule has 34 heavy (non-hydrogen) atoms. The highest BCUT2D eigenvalue weighted by molar-refractivity contribution is 6.15. The highest BCUT2D eigenvalue weighted by atomic mass is 19.1. The summed E-state index contributed by atoms with van der Waals surface area (Å²) < 4.78 is 32.1. The van der Waals surface area contributed by atoms with Crippen LogP contribution < -0.4 is 14.2 Å². The number of ether oxygens (including phenoxy) is 3. The summed E-state index contributed by atoms with van der Waals surface area (Å²) >= 11 is 0. The standard InChI is InChI=1S/C27H20FNO5/c1-15-23(34-27(31)16-5-4-6-18(28)11-16)10-8-20-25(30)24(33-26(15)20)12-17-14-29(2)22-9-7-19(32-3)13-21(17)22/h4-14H,1-3H3/b24-12-. The minimum absolute atomic E-state index is 0.0869. The molecule has 0 saturated carbocycles. The van der Waals surface area contributed by atoms with E-state index in [1.807, 2.05) is 36.0 Å². The zero-order chi connectivity index (χ0) is 24.0. The molecule has 0 amide bonds. The highest BCUT2D eigenvalue weighted by Gasteiger charge is 2.31. The van der Waals surface area contributed by atoms with Gasteiger partial charge >= 0.3 is 5.97 Å². The van der Waals surface area contributed by atoms with E-state index in [9.17, 15) is 14.0 Å². The number of halogens is 1. The SMILES string of the molecule is COc1ccc2c(c1)c(/C=C1\Oc3c(ccc(OC(=O)c4cccc(F)c4)c3C)C1=O)cn2C. The number of carbonyl (C=O) groups is 2. The smallest absolute Gasteiger partial charge is 0.343 e. The van der Waals surface area contributed by atoms with E-state index in [0.29, 0.717) is 22.6 Å². The van der Waals surface area contributed by atoms with E-state index in [1.165, 1.54) is 18.2 Å². The average Bonchev–Trinajstić information content (AvgIpc) is 3.32. The molecule has 0 fully saturated rings. The average molecular weight is 457 g/mol. The number of carbonyl (C=O) groups excluding carboxylic acids is 2. The van der Waals surface area contributed by atoms with Crippen LogP contribution in [0.3, 0.4) is 0 Å². The Balaban J connectivity index is 1.47. The Labute approximate surface area is 194 Å². The van der Waals surface area contributed by atoms with Gasteiger partial charge in [0.1, 0.15) is 23.1 Å². The van der Waals surface area contributed by atoms with E-state index in [1.54, 1.807) is 32.2 Å². The van der Waals surface area contributed by atoms with Crippen molar-refractivity contribution in [1.82, 2.24) is 4.57 Å². The van der Waals surface area contributed by atoms with Gasteiger partial charge in [-0.05, 0) is 61.5 Å². The summed E-state index contributed by atoms with van der Waals surface area (Å²) in [5, 5.41) is 0.920. The number of aryl methyl sites for hydroxylation is 1. The number of nitrogens with zero attached hydrogens (tertiary/aromatic N) is 1. The minimum atomic E-state index is -0.702. The molecule has 0 bridgehead atoms. The van der Waals surface area contributed by atoms with Crippen molar-refractivity contribution in [3.05, 3.63) is 94.6 Å². The second kappa shape index (κ2) is 8.19. The van der Waals surface area contributed by atoms with Gasteiger partial charge in [-0.3, -0.25) is 4.79 Å². The van der Waals surface area contributed by atoms with Crippen LogP contribution in [0.4, 0.5) is 4.39 Å². The molecule has 0 N–H and O–H groups in total. The molecule has 0 aliphatic carbocycles. The first kappa shape index (κ1) is 21.5. The number of esters is 1. The summed E-state index contributed by atoms with van der Waals surface area (Å²) in [6.07, 6.45) is 3.61. The Morgan fingerprint density at radius 3 is 2.71 bits per heavy atom. The molecule has 7 heteroatoms. The summed E-state index contributed by atoms with van der Waals surface area (Å²) in [7, 11) is 3.52. The van der Waals surface area contributed by atoms with E-state index in [-0.39, 0.29) is 22.9 Å². The number of allylic oxidation sites excluding steroid dienone is 1. The summed E-state index contributed by atoms with van der Waals surface area (Å²) in [4.78, 5) is 25.5. The molecule has 0 saturated heterocycles. The third-order valence-electron chi connectivity index (χ3n) is 5.81. The second-order valence-electron chi connectivity index (χ2n) is 7.98. The zero-order valence-electron chi connectivity index (χ0n) is 18.7. The third kappa shape index (κ3) is 3.61. The number of aromatic nitrogens is 1. The lowest BCUT2D eigenvalue weighted by Crippen LogP contribution is -2.09. The van der Waals surface area contributed by atoms with Gasteiger partial charge in [0, 0.05) is 35.3 Å². The van der Waals surface area contributed by atoms with Gasteiger partial charge in [0.2, 0.25) is 5.78 Å². The molecular formula is C27H20FNO5. The molecule has 170 valence electrons. The van der Waals surface area contributed by atoms with Crippen molar-refractivity contribution in [2.45, 2.75) is 6.92 Å². The van der Waals surface area contributed by atoms with Crippen LogP contribution >= 0.6 is 0 Å². The molecule has 1 aromatic heterocycles. The number of Topliss-reactive ketones (excluding diaryl/α,β-unsaturated/α-hetero) is 1. The summed E-state index contributed by atoms with van der Waals surface area (Å²) in [6.45, 7) is 1.70. The first-order valence-electron chi connectivity index (χ1n) is 10.5. The fourth-order valence-electron chi connectivity index (χ4n) is 4.04. The Morgan fingerprint density at radius 1 is 1.12 bits per heavy atom. The Kier molecular flexibility index (Phi) is 5.17. The molecule has 6 nitrogen and oxygen atoms in total. The van der Waals surface area contributed by atoms with Crippen LogP contribution in [0.5, 0.6) is 17.2 Å². The van der Waals surface area contributed by atoms with Crippen molar-refractivity contribution >= 4 is 28.7 Å². The molecule has 0 spiro atoms. The van der Waals surface area contributed by atoms with Crippen molar-refractivity contribution in [3.8, 4) is 17.2 Å². The normalized spacial score (nSPS) is 13.8. The van der Waals surface area contributed by atoms with Crippen molar-refractivity contribution in [1.29, 1.82) is 0 Å². The van der Waals surface area contributed by atoms with Crippen LogP contribution in [0.15, 0.2) is 66.6 Å². The van der Waals surface area contributed by atoms with Gasteiger partial charge in [-0.25, -0.2) is 9.18 Å². The van der Waals surface area contributed by atoms with E-state index < -0.39 is 11.8 Å². The van der Waals surface area contributed by atoms with E-state index in [0.717, 1.165) is 22.5 Å². The number of ketones is 1. The maximum Gasteiger partial charge on any atom is 0.343 e. The lowest BCUT2D eigenvalue weighted by atomic mass is 10.1. The molecule has 1 aliphatic heterocycles. The van der Waals surface area contributed by atoms with Crippen LogP contribution in [0.1, 0.15) is 31.8 Å². The molecular weight excluding hydrogens is 437 g/mol. The zero-order valence-corrected chi connectivity index (χ0v) is 18.7. The number of fused-ring (bicyclic) bond motifs is 2. The topological polar surface area (TPSA) is 66.8 Å². The summed E-state index contributed by atoms with van der Waals surface area (Å²) in [6, 6.07) is 14.1. The fraction of sp³-hybridized carbons (Fsp3) is 0.111. The summed E-state index contributed by atoms with van der Waals surface area (Å²) in [5.74, 6) is -0.0539. The van der Waals surface area contributed by atoms with Gasteiger partial charge in [-0.1, -0.05) is 6.07 Å². The molecule has 3 aromatic carbocycles. The van der Waals surface area contributed by atoms with Gasteiger partial charge in [0.15, 0.2) is 5.76 Å². The predicted octanol–water partition coefficient (Wildman–Crippen LogP) is 5.47. The largest absolute Gasteiger partial charge is 0.497 e. The third-order valence-corrected chi connectivity index (χ3v) is 5.81. The van der Waals surface area contributed by atoms with Crippen molar-refractivity contribution in [2.75, 3.05) is 7.11 Å². The number of hydrogen-bond acceptors (Lipinski definition) is 5. The molecule has 4 aromatic rings. The van der Waals surface area contributed by atoms with E-state index >= 15 is 0 Å². The fourth-order valence-corrected chi connectivity index (χ4v) is 4.04. The maximum absolute atomic E-state index is 13.5. The van der Waals surface area contributed by atoms with Gasteiger partial charge in [-0.2, -0.15) is 0 Å². The quantitative estimate of drug-likeness (QED) is 0.231. The highest BCUT2D eigenvalue weighted by Crippen LogP contribution is 2.40. The lowest BCUT2D eigenvalue weighted by Gasteiger charge is -2.10. The number of hydrogen-bond donors (Lipinski definition) is 0. The van der Waals surface area contributed by atoms with Gasteiger partial charge in [0.05, 0.1) is 18.2 Å². The van der Waals surface area contributed by atoms with Crippen LogP contribution in [0.25, 0.3) is 17.0 Å². The molecule has 5 rings (SSSR count). The van der Waals surface area contributed by atoms with Gasteiger partial charge in [0.25, 0.3) is 0 Å². The second-order valence-corrected chi connectivity index (χ2v) is 7.98. The number of rotatable bonds is 4. The Hall–Kier alpha value is -4.39. The first-order valence-corrected chi connectivity index (χ1v) is 10.5. The Morgan fingerprint density at radius 2 is 1.94 bits per heavy atom. The molecule has 0 atom stereocenters. The lowest BCUT2D eigenvalue weighted by molar-refractivity contribution is 0.0732.